The van der Waals surface area contributed by atoms with Crippen molar-refractivity contribution < 1.29 is 9.53 Å². The van der Waals surface area contributed by atoms with Crippen LogP contribution in [0, 0.1) is 6.92 Å². The summed E-state index contributed by atoms with van der Waals surface area (Å²) >= 11 is 0. The van der Waals surface area contributed by atoms with E-state index in [4.69, 9.17) is 4.74 Å². The molecular formula is C22H23N7O2. The van der Waals surface area contributed by atoms with Crippen molar-refractivity contribution in [2.75, 3.05) is 7.11 Å². The zero-order chi connectivity index (χ0) is 21.4. The summed E-state index contributed by atoms with van der Waals surface area (Å²) in [6.07, 6.45) is 12.6. The van der Waals surface area contributed by atoms with Gasteiger partial charge in [0.25, 0.3) is 0 Å². The molecule has 9 nitrogen and oxygen atoms in total. The Morgan fingerprint density at radius 1 is 1.23 bits per heavy atom. The van der Waals surface area contributed by atoms with E-state index in [9.17, 15) is 4.79 Å². The summed E-state index contributed by atoms with van der Waals surface area (Å²) in [5.74, 6) is 0.638. The van der Waals surface area contributed by atoms with Gasteiger partial charge in [-0.05, 0) is 38.0 Å². The molecule has 2 aromatic heterocycles. The zero-order valence-corrected chi connectivity index (χ0v) is 17.3. The number of fused-ring (bicyclic) bond motifs is 1. The van der Waals surface area contributed by atoms with Crippen molar-refractivity contribution >= 4 is 12.1 Å². The number of benzene rings is 1. The average Bonchev–Trinajstić information content (AvgIpc) is 3.40. The van der Waals surface area contributed by atoms with Crippen LogP contribution < -0.4 is 10.1 Å². The van der Waals surface area contributed by atoms with E-state index >= 15 is 0 Å². The average molecular weight is 417 g/mol. The molecule has 3 atom stereocenters. The number of allylic oxidation sites excluding steroid dienone is 1. The molecule has 0 aliphatic carbocycles. The highest BCUT2D eigenvalue weighted by atomic mass is 16.5. The minimum absolute atomic E-state index is 0.0610. The number of aromatic nitrogens is 5. The van der Waals surface area contributed by atoms with E-state index in [1.54, 1.807) is 24.3 Å². The van der Waals surface area contributed by atoms with Crippen molar-refractivity contribution in [1.29, 1.82) is 0 Å². The maximum atomic E-state index is 12.8. The van der Waals surface area contributed by atoms with Crippen LogP contribution in [0.5, 0.6) is 5.75 Å². The normalized spacial score (nSPS) is 22.6. The molecule has 158 valence electrons. The van der Waals surface area contributed by atoms with Gasteiger partial charge in [0.2, 0.25) is 5.91 Å². The second-order valence-electron chi connectivity index (χ2n) is 7.77. The van der Waals surface area contributed by atoms with E-state index in [1.165, 1.54) is 0 Å². The summed E-state index contributed by atoms with van der Waals surface area (Å²) in [4.78, 5) is 21.6. The molecule has 1 saturated heterocycles. The van der Waals surface area contributed by atoms with Crippen LogP contribution in [0.2, 0.25) is 0 Å². The topological polar surface area (TPSA) is 99.2 Å². The molecule has 2 aliphatic heterocycles. The lowest BCUT2D eigenvalue weighted by molar-refractivity contribution is -0.124. The van der Waals surface area contributed by atoms with Gasteiger partial charge in [0.1, 0.15) is 17.5 Å². The van der Waals surface area contributed by atoms with E-state index in [0.29, 0.717) is 17.9 Å². The maximum Gasteiger partial charge on any atom is 0.245 e. The summed E-state index contributed by atoms with van der Waals surface area (Å²) in [5.41, 5.74) is 3.35. The molecule has 1 N–H and O–H groups in total. The van der Waals surface area contributed by atoms with Crippen LogP contribution in [0.25, 0.3) is 16.9 Å². The molecule has 1 aromatic carbocycles. The van der Waals surface area contributed by atoms with E-state index in [-0.39, 0.29) is 18.0 Å². The fourth-order valence-corrected chi connectivity index (χ4v) is 4.09. The third kappa shape index (κ3) is 3.63. The first-order valence-corrected chi connectivity index (χ1v) is 10.2. The second kappa shape index (κ2) is 7.82. The molecule has 0 bridgehead atoms. The smallest absolute Gasteiger partial charge is 0.245 e. The van der Waals surface area contributed by atoms with E-state index in [2.05, 4.69) is 25.6 Å². The Labute approximate surface area is 179 Å². The van der Waals surface area contributed by atoms with Crippen LogP contribution in [0.3, 0.4) is 0 Å². The first kappa shape index (κ1) is 19.2. The Bertz CT molecular complexity index is 1180. The van der Waals surface area contributed by atoms with Crippen molar-refractivity contribution in [3.05, 3.63) is 54.8 Å². The fourth-order valence-electron chi connectivity index (χ4n) is 4.09. The van der Waals surface area contributed by atoms with Gasteiger partial charge in [0.15, 0.2) is 0 Å². The summed E-state index contributed by atoms with van der Waals surface area (Å²) in [6.45, 7) is 1.94. The molecule has 0 spiro atoms. The number of nitrogens with zero attached hydrogens (tertiary/aromatic N) is 6. The van der Waals surface area contributed by atoms with Crippen molar-refractivity contribution in [1.82, 2.24) is 29.9 Å². The zero-order valence-electron chi connectivity index (χ0n) is 17.3. The molecule has 4 heterocycles. The van der Waals surface area contributed by atoms with E-state index < -0.39 is 6.04 Å². The summed E-state index contributed by atoms with van der Waals surface area (Å²) in [7, 11) is 1.63. The van der Waals surface area contributed by atoms with Crippen LogP contribution in [-0.2, 0) is 4.79 Å². The van der Waals surface area contributed by atoms with Crippen LogP contribution in [-0.4, -0.2) is 55.9 Å². The number of hydrogen-bond acceptors (Lipinski definition) is 6. The Morgan fingerprint density at radius 2 is 2.13 bits per heavy atom. The number of methoxy groups -OCH3 is 1. The van der Waals surface area contributed by atoms with Gasteiger partial charge in [-0.25, -0.2) is 9.67 Å². The molecule has 3 aromatic rings. The minimum Gasteiger partial charge on any atom is -0.495 e. The number of hydrogen-bond donors (Lipinski definition) is 1. The molecule has 1 amide bonds. The molecule has 31 heavy (non-hydrogen) atoms. The molecule has 3 unspecified atom stereocenters. The van der Waals surface area contributed by atoms with E-state index in [0.717, 1.165) is 23.4 Å². The largest absolute Gasteiger partial charge is 0.495 e. The molecule has 5 rings (SSSR count). The molecule has 1 fully saturated rings. The van der Waals surface area contributed by atoms with Gasteiger partial charge in [0, 0.05) is 18.0 Å². The Balaban J connectivity index is 1.41. The number of aliphatic imine (C=N–C) groups is 1. The standard InChI is InChI=1S/C22H23N7O2/c1-14-11-28(13-24-14)19-7-5-15(10-21(19)31-2)18-12-29(27-26-18)20-8-6-16-17(25-22(20)30)4-3-9-23-16/h3-5,7,9-13,16-17,20H,6,8H2,1-2H3,(H,25,30). The number of aryl methyl sites for hydroxylation is 1. The van der Waals surface area contributed by atoms with Gasteiger partial charge in [-0.2, -0.15) is 0 Å². The monoisotopic (exact) mass is 417 g/mol. The fraction of sp³-hybridized carbons (Fsp3) is 0.318. The number of dihydropyridines is 1. The lowest BCUT2D eigenvalue weighted by atomic mass is 10.0. The Morgan fingerprint density at radius 3 is 2.94 bits per heavy atom. The van der Waals surface area contributed by atoms with Gasteiger partial charge in [-0.1, -0.05) is 17.4 Å². The lowest BCUT2D eigenvalue weighted by Gasteiger charge is -2.20. The third-order valence-corrected chi connectivity index (χ3v) is 5.74. The number of imidazole rings is 1. The minimum atomic E-state index is -0.412. The number of carbonyl (C=O) groups excluding carboxylic acids is 1. The van der Waals surface area contributed by atoms with Crippen LogP contribution >= 0.6 is 0 Å². The van der Waals surface area contributed by atoms with Gasteiger partial charge in [-0.3, -0.25) is 9.79 Å². The maximum absolute atomic E-state index is 12.8. The quantitative estimate of drug-likeness (QED) is 0.702. The first-order valence-electron chi connectivity index (χ1n) is 10.2. The molecular weight excluding hydrogens is 394 g/mol. The lowest BCUT2D eigenvalue weighted by Crippen LogP contribution is -2.42. The molecule has 9 heteroatoms. The highest BCUT2D eigenvalue weighted by Gasteiger charge is 2.32. The number of nitrogens with one attached hydrogen (secondary N) is 1. The number of carbonyl (C=O) groups is 1. The van der Waals surface area contributed by atoms with Crippen molar-refractivity contribution in [2.24, 2.45) is 4.99 Å². The van der Waals surface area contributed by atoms with Gasteiger partial charge >= 0.3 is 0 Å². The van der Waals surface area contributed by atoms with Crippen molar-refractivity contribution in [2.45, 2.75) is 37.9 Å². The Hall–Kier alpha value is -3.75. The second-order valence-corrected chi connectivity index (χ2v) is 7.77. The summed E-state index contributed by atoms with van der Waals surface area (Å²) < 4.78 is 9.16. The van der Waals surface area contributed by atoms with Crippen molar-refractivity contribution in [3.8, 4) is 22.7 Å². The highest BCUT2D eigenvalue weighted by Crippen LogP contribution is 2.30. The predicted molar refractivity (Wildman–Crippen MR) is 115 cm³/mol. The number of rotatable bonds is 4. The number of amides is 1. The third-order valence-electron chi connectivity index (χ3n) is 5.74. The van der Waals surface area contributed by atoms with Crippen LogP contribution in [0.15, 0.2) is 54.1 Å². The van der Waals surface area contributed by atoms with Crippen LogP contribution in [0.4, 0.5) is 0 Å². The summed E-state index contributed by atoms with van der Waals surface area (Å²) in [5, 5.41) is 11.6. The van der Waals surface area contributed by atoms with Gasteiger partial charge in [0.05, 0.1) is 43.1 Å². The Kier molecular flexibility index (Phi) is 4.85. The molecule has 0 radical (unpaired) electrons. The number of ether oxygens (including phenoxy) is 1. The van der Waals surface area contributed by atoms with Gasteiger partial charge < -0.3 is 14.6 Å². The highest BCUT2D eigenvalue weighted by molar-refractivity contribution is 5.82. The van der Waals surface area contributed by atoms with E-state index in [1.807, 2.05) is 54.2 Å². The summed E-state index contributed by atoms with van der Waals surface area (Å²) in [6, 6.07) is 5.44. The predicted octanol–water partition coefficient (Wildman–Crippen LogP) is 2.28. The first-order chi connectivity index (χ1) is 15.1. The SMILES string of the molecule is COc1cc(-c2cn(C3CCC4N=CC=CC4NC3=O)nn2)ccc1-n1cnc(C)c1. The van der Waals surface area contributed by atoms with Gasteiger partial charge in [-0.15, -0.1) is 5.10 Å². The molecule has 2 aliphatic rings. The molecule has 0 saturated carbocycles. The van der Waals surface area contributed by atoms with Crippen LogP contribution in [0.1, 0.15) is 24.6 Å². The van der Waals surface area contributed by atoms with Crippen molar-refractivity contribution in [3.63, 3.8) is 0 Å².